The highest BCUT2D eigenvalue weighted by Gasteiger charge is 2.16. The molecule has 90 valence electrons. The first-order valence-corrected chi connectivity index (χ1v) is 5.28. The van der Waals surface area contributed by atoms with Crippen LogP contribution in [0.3, 0.4) is 0 Å². The Morgan fingerprint density at radius 1 is 1.65 bits per heavy atom. The lowest BCUT2D eigenvalue weighted by atomic mass is 10.1. The first-order valence-electron chi connectivity index (χ1n) is 5.28. The summed E-state index contributed by atoms with van der Waals surface area (Å²) < 4.78 is 0. The van der Waals surface area contributed by atoms with E-state index in [2.05, 4.69) is 11.5 Å². The molecule has 0 heterocycles. The van der Waals surface area contributed by atoms with Gasteiger partial charge in [0.05, 0.1) is 17.7 Å². The highest BCUT2D eigenvalue weighted by atomic mass is 16.2. The molecule has 1 amide bonds. The molecule has 0 fully saturated rings. The van der Waals surface area contributed by atoms with Crippen molar-refractivity contribution >= 4 is 5.91 Å². The number of rotatable bonds is 4. The first kappa shape index (κ1) is 13.2. The molecule has 0 spiro atoms. The summed E-state index contributed by atoms with van der Waals surface area (Å²) in [7, 11) is 1.83. The van der Waals surface area contributed by atoms with E-state index in [-0.39, 0.29) is 11.9 Å². The van der Waals surface area contributed by atoms with Gasteiger partial charge in [-0.3, -0.25) is 15.1 Å². The van der Waals surface area contributed by atoms with E-state index in [0.717, 1.165) is 5.56 Å². The van der Waals surface area contributed by atoms with Gasteiger partial charge >= 0.3 is 0 Å². The number of nitrogens with one attached hydrogen (secondary N) is 1. The second kappa shape index (κ2) is 5.99. The molecule has 0 aromatic heterocycles. The number of carbonyl (C=O) groups excluding carboxylic acids is 1. The van der Waals surface area contributed by atoms with Crippen molar-refractivity contribution in [2.45, 2.75) is 19.5 Å². The highest BCUT2D eigenvalue weighted by Crippen LogP contribution is 2.08. The topological polar surface area (TPSA) is 82.2 Å². The Morgan fingerprint density at radius 2 is 2.35 bits per heavy atom. The van der Waals surface area contributed by atoms with Crippen molar-refractivity contribution in [3.63, 3.8) is 0 Å². The average Bonchev–Trinajstić information content (AvgIpc) is 2.37. The van der Waals surface area contributed by atoms with Crippen LogP contribution in [0.15, 0.2) is 24.3 Å². The van der Waals surface area contributed by atoms with Crippen LogP contribution >= 0.6 is 0 Å². The minimum absolute atomic E-state index is 0.232. The maximum absolute atomic E-state index is 11.3. The monoisotopic (exact) mass is 232 g/mol. The summed E-state index contributed by atoms with van der Waals surface area (Å²) in [4.78, 5) is 13.2. The number of hydrogen-bond donors (Lipinski definition) is 2. The number of nitrogens with two attached hydrogens (primary N) is 1. The summed E-state index contributed by atoms with van der Waals surface area (Å²) in [5, 5.41) is 8.79. The summed E-state index contributed by atoms with van der Waals surface area (Å²) in [6.45, 7) is 2.36. The number of benzene rings is 1. The molecular formula is C12H16N4O. The number of amides is 1. The van der Waals surface area contributed by atoms with Crippen LogP contribution in [0.1, 0.15) is 18.1 Å². The Bertz CT molecular complexity index is 438. The smallest absolute Gasteiger partial charge is 0.250 e. The van der Waals surface area contributed by atoms with E-state index in [4.69, 9.17) is 11.1 Å². The first-order chi connectivity index (χ1) is 8.08. The maximum Gasteiger partial charge on any atom is 0.250 e. The number of likely N-dealkylation sites (N-methyl/N-ethyl adjacent to an activating group) is 1. The largest absolute Gasteiger partial charge is 0.293 e. The van der Waals surface area contributed by atoms with Gasteiger partial charge < -0.3 is 0 Å². The Balaban J connectivity index is 2.71. The fourth-order valence-corrected chi connectivity index (χ4v) is 1.48. The summed E-state index contributed by atoms with van der Waals surface area (Å²) in [5.41, 5.74) is 3.73. The molecule has 5 nitrogen and oxygen atoms in total. The molecular weight excluding hydrogens is 216 g/mol. The zero-order valence-corrected chi connectivity index (χ0v) is 9.97. The standard InChI is InChI=1S/C12H16N4O/c1-9(12(17)15-14)16(2)8-11-5-3-4-10(6-11)7-13/h3-6,9H,8,14H2,1-2H3,(H,15,17). The third kappa shape index (κ3) is 3.55. The van der Waals surface area contributed by atoms with Gasteiger partial charge in [-0.2, -0.15) is 5.26 Å². The predicted molar refractivity (Wildman–Crippen MR) is 64.4 cm³/mol. The lowest BCUT2D eigenvalue weighted by Gasteiger charge is -2.23. The zero-order valence-electron chi connectivity index (χ0n) is 9.97. The molecule has 0 saturated carbocycles. The van der Waals surface area contributed by atoms with Crippen LogP contribution in [0.2, 0.25) is 0 Å². The Kier molecular flexibility index (Phi) is 4.64. The zero-order chi connectivity index (χ0) is 12.8. The molecule has 0 aliphatic heterocycles. The quantitative estimate of drug-likeness (QED) is 0.446. The van der Waals surface area contributed by atoms with E-state index in [0.29, 0.717) is 12.1 Å². The van der Waals surface area contributed by atoms with Gasteiger partial charge in [-0.15, -0.1) is 0 Å². The molecule has 3 N–H and O–H groups in total. The highest BCUT2D eigenvalue weighted by molar-refractivity contribution is 5.80. The number of hydrazine groups is 1. The fourth-order valence-electron chi connectivity index (χ4n) is 1.48. The van der Waals surface area contributed by atoms with Crippen molar-refractivity contribution < 1.29 is 4.79 Å². The molecule has 1 atom stereocenters. The molecule has 0 saturated heterocycles. The van der Waals surface area contributed by atoms with Crippen molar-refractivity contribution in [3.8, 4) is 6.07 Å². The van der Waals surface area contributed by atoms with E-state index in [9.17, 15) is 4.79 Å². The van der Waals surface area contributed by atoms with Crippen LogP contribution in [-0.2, 0) is 11.3 Å². The molecule has 1 unspecified atom stereocenters. The lowest BCUT2D eigenvalue weighted by molar-refractivity contribution is -0.125. The van der Waals surface area contributed by atoms with E-state index in [1.54, 1.807) is 13.0 Å². The molecule has 0 radical (unpaired) electrons. The second-order valence-electron chi connectivity index (χ2n) is 3.91. The number of nitriles is 1. The molecule has 0 bridgehead atoms. The van der Waals surface area contributed by atoms with Crippen molar-refractivity contribution in [2.75, 3.05) is 7.05 Å². The van der Waals surface area contributed by atoms with Gasteiger partial charge in [0.1, 0.15) is 0 Å². The van der Waals surface area contributed by atoms with E-state index in [1.807, 2.05) is 30.1 Å². The minimum Gasteiger partial charge on any atom is -0.293 e. The minimum atomic E-state index is -0.314. The van der Waals surface area contributed by atoms with Gasteiger partial charge in [0.25, 0.3) is 5.91 Å². The maximum atomic E-state index is 11.3. The molecule has 0 aliphatic carbocycles. The normalized spacial score (nSPS) is 11.9. The Hall–Kier alpha value is -1.90. The fraction of sp³-hybridized carbons (Fsp3) is 0.333. The summed E-state index contributed by atoms with van der Waals surface area (Å²) in [6.07, 6.45) is 0. The lowest BCUT2D eigenvalue weighted by Crippen LogP contribution is -2.45. The molecule has 1 aromatic rings. The van der Waals surface area contributed by atoms with E-state index < -0.39 is 0 Å². The van der Waals surface area contributed by atoms with Gasteiger partial charge in [0.15, 0.2) is 0 Å². The molecule has 5 heteroatoms. The SMILES string of the molecule is CC(C(=O)NN)N(C)Cc1cccc(C#N)c1. The van der Waals surface area contributed by atoms with E-state index >= 15 is 0 Å². The Morgan fingerprint density at radius 3 is 2.94 bits per heavy atom. The average molecular weight is 232 g/mol. The van der Waals surface area contributed by atoms with Gasteiger partial charge in [0.2, 0.25) is 0 Å². The summed E-state index contributed by atoms with van der Waals surface area (Å²) >= 11 is 0. The number of nitrogens with zero attached hydrogens (tertiary/aromatic N) is 2. The molecule has 1 aromatic carbocycles. The molecule has 17 heavy (non-hydrogen) atoms. The van der Waals surface area contributed by atoms with Gasteiger partial charge in [-0.1, -0.05) is 12.1 Å². The third-order valence-electron chi connectivity index (χ3n) is 2.67. The summed E-state index contributed by atoms with van der Waals surface area (Å²) in [6, 6.07) is 9.08. The summed E-state index contributed by atoms with van der Waals surface area (Å²) in [5.74, 6) is 4.85. The van der Waals surface area contributed by atoms with Crippen molar-refractivity contribution in [3.05, 3.63) is 35.4 Å². The second-order valence-corrected chi connectivity index (χ2v) is 3.91. The van der Waals surface area contributed by atoms with Gasteiger partial charge in [-0.25, -0.2) is 5.84 Å². The van der Waals surface area contributed by atoms with Gasteiger partial charge in [-0.05, 0) is 31.7 Å². The van der Waals surface area contributed by atoms with Gasteiger partial charge in [0, 0.05) is 6.54 Å². The van der Waals surface area contributed by atoms with Crippen LogP contribution in [0.5, 0.6) is 0 Å². The Labute approximate surface area is 101 Å². The van der Waals surface area contributed by atoms with Crippen LogP contribution in [0, 0.1) is 11.3 Å². The molecule has 0 aliphatic rings. The molecule has 1 rings (SSSR count). The van der Waals surface area contributed by atoms with Crippen LogP contribution in [0.25, 0.3) is 0 Å². The number of carbonyl (C=O) groups is 1. The number of hydrogen-bond acceptors (Lipinski definition) is 4. The van der Waals surface area contributed by atoms with Crippen LogP contribution in [0.4, 0.5) is 0 Å². The third-order valence-corrected chi connectivity index (χ3v) is 2.67. The van der Waals surface area contributed by atoms with Crippen molar-refractivity contribution in [1.29, 1.82) is 5.26 Å². The van der Waals surface area contributed by atoms with Crippen molar-refractivity contribution in [2.24, 2.45) is 5.84 Å². The van der Waals surface area contributed by atoms with E-state index in [1.165, 1.54) is 0 Å². The predicted octanol–water partition coefficient (Wildman–Crippen LogP) is 0.368. The van der Waals surface area contributed by atoms with Crippen LogP contribution < -0.4 is 11.3 Å². The van der Waals surface area contributed by atoms with Crippen LogP contribution in [-0.4, -0.2) is 23.9 Å². The van der Waals surface area contributed by atoms with Crippen molar-refractivity contribution in [1.82, 2.24) is 10.3 Å².